The van der Waals surface area contributed by atoms with Gasteiger partial charge in [-0.3, -0.25) is 14.7 Å². The van der Waals surface area contributed by atoms with Crippen LogP contribution in [0.5, 0.6) is 0 Å². The molecule has 1 amide bonds. The Balaban J connectivity index is 1.49. The van der Waals surface area contributed by atoms with Crippen molar-refractivity contribution < 1.29 is 13.9 Å². The Morgan fingerprint density at radius 1 is 1.12 bits per heavy atom. The molecule has 1 aliphatic heterocycles. The van der Waals surface area contributed by atoms with E-state index in [4.69, 9.17) is 4.74 Å². The summed E-state index contributed by atoms with van der Waals surface area (Å²) in [7, 11) is 0. The minimum absolute atomic E-state index is 0.132. The number of nitrogens with zero attached hydrogens (tertiary/aromatic N) is 6. The third-order valence-corrected chi connectivity index (χ3v) is 5.45. The number of hydrogen-bond acceptors (Lipinski definition) is 6. The highest BCUT2D eigenvalue weighted by Crippen LogP contribution is 2.14. The largest absolute Gasteiger partial charge is 0.379 e. The summed E-state index contributed by atoms with van der Waals surface area (Å²) >= 11 is 0. The van der Waals surface area contributed by atoms with E-state index >= 15 is 0 Å². The summed E-state index contributed by atoms with van der Waals surface area (Å²) < 4.78 is 20.2. The van der Waals surface area contributed by atoms with Crippen molar-refractivity contribution in [1.29, 1.82) is 0 Å². The molecule has 168 valence electrons. The van der Waals surface area contributed by atoms with Gasteiger partial charge in [-0.15, -0.1) is 5.10 Å². The quantitative estimate of drug-likeness (QED) is 0.538. The lowest BCUT2D eigenvalue weighted by atomic mass is 10.2. The third kappa shape index (κ3) is 5.54. The van der Waals surface area contributed by atoms with Gasteiger partial charge in [0, 0.05) is 45.1 Å². The lowest BCUT2D eigenvalue weighted by Gasteiger charge is -2.28. The Morgan fingerprint density at radius 2 is 1.84 bits per heavy atom. The number of carbonyl (C=O) groups excluding carboxylic acids is 1. The van der Waals surface area contributed by atoms with Crippen LogP contribution in [0, 0.1) is 12.7 Å². The van der Waals surface area contributed by atoms with Crippen LogP contribution in [0.4, 0.5) is 4.39 Å². The fourth-order valence-corrected chi connectivity index (χ4v) is 3.72. The van der Waals surface area contributed by atoms with Crippen LogP contribution in [0.2, 0.25) is 0 Å². The zero-order chi connectivity index (χ0) is 22.3. The Labute approximate surface area is 186 Å². The molecule has 1 saturated heterocycles. The van der Waals surface area contributed by atoms with E-state index in [9.17, 15) is 9.18 Å². The SMILES string of the molecule is Cc1nc(C(=O)N(CCCN2CCOCC2)Cc2ccncc2)nn1-c1ccc(F)cc1. The van der Waals surface area contributed by atoms with E-state index in [0.717, 1.165) is 44.8 Å². The van der Waals surface area contributed by atoms with E-state index in [1.165, 1.54) is 12.1 Å². The highest BCUT2D eigenvalue weighted by atomic mass is 19.1. The average molecular weight is 439 g/mol. The second-order valence-electron chi connectivity index (χ2n) is 7.76. The monoisotopic (exact) mass is 438 g/mol. The molecule has 2 aromatic heterocycles. The van der Waals surface area contributed by atoms with Crippen molar-refractivity contribution in [1.82, 2.24) is 29.5 Å². The van der Waals surface area contributed by atoms with E-state index in [0.29, 0.717) is 24.6 Å². The number of carbonyl (C=O) groups is 1. The van der Waals surface area contributed by atoms with Crippen molar-refractivity contribution in [2.45, 2.75) is 19.9 Å². The van der Waals surface area contributed by atoms with Crippen molar-refractivity contribution in [3.05, 3.63) is 71.8 Å². The molecule has 0 radical (unpaired) electrons. The minimum Gasteiger partial charge on any atom is -0.379 e. The summed E-state index contributed by atoms with van der Waals surface area (Å²) in [6.45, 7) is 7.06. The van der Waals surface area contributed by atoms with Crippen molar-refractivity contribution in [3.8, 4) is 5.69 Å². The van der Waals surface area contributed by atoms with Crippen molar-refractivity contribution in [3.63, 3.8) is 0 Å². The summed E-state index contributed by atoms with van der Waals surface area (Å²) in [5.74, 6) is 0.142. The van der Waals surface area contributed by atoms with Gasteiger partial charge in [-0.05, 0) is 55.3 Å². The third-order valence-electron chi connectivity index (χ3n) is 5.45. The fraction of sp³-hybridized carbons (Fsp3) is 0.391. The number of benzene rings is 1. The maximum absolute atomic E-state index is 13.4. The normalized spacial score (nSPS) is 14.4. The Kier molecular flexibility index (Phi) is 7.18. The molecule has 3 heterocycles. The molecule has 1 fully saturated rings. The second-order valence-corrected chi connectivity index (χ2v) is 7.76. The average Bonchev–Trinajstić information content (AvgIpc) is 3.21. The van der Waals surface area contributed by atoms with Crippen LogP contribution >= 0.6 is 0 Å². The fourth-order valence-electron chi connectivity index (χ4n) is 3.72. The van der Waals surface area contributed by atoms with Crippen LogP contribution in [0.25, 0.3) is 5.69 Å². The molecule has 0 bridgehead atoms. The van der Waals surface area contributed by atoms with E-state index < -0.39 is 0 Å². The maximum Gasteiger partial charge on any atom is 0.293 e. The van der Waals surface area contributed by atoms with Gasteiger partial charge in [0.2, 0.25) is 5.82 Å². The van der Waals surface area contributed by atoms with Gasteiger partial charge in [-0.1, -0.05) is 0 Å². The van der Waals surface area contributed by atoms with Gasteiger partial charge in [0.25, 0.3) is 5.91 Å². The van der Waals surface area contributed by atoms with Gasteiger partial charge in [-0.25, -0.2) is 14.1 Å². The first-order valence-corrected chi connectivity index (χ1v) is 10.8. The summed E-state index contributed by atoms with van der Waals surface area (Å²) in [6, 6.07) is 9.75. The van der Waals surface area contributed by atoms with Crippen LogP contribution in [0.15, 0.2) is 48.8 Å². The zero-order valence-electron chi connectivity index (χ0n) is 18.2. The molecule has 1 aliphatic rings. The molecule has 3 aromatic rings. The zero-order valence-corrected chi connectivity index (χ0v) is 18.2. The topological polar surface area (TPSA) is 76.4 Å². The highest BCUT2D eigenvalue weighted by Gasteiger charge is 2.22. The predicted molar refractivity (Wildman–Crippen MR) is 117 cm³/mol. The van der Waals surface area contributed by atoms with Gasteiger partial charge in [-0.2, -0.15) is 0 Å². The van der Waals surface area contributed by atoms with Gasteiger partial charge >= 0.3 is 0 Å². The second kappa shape index (κ2) is 10.4. The van der Waals surface area contributed by atoms with Gasteiger partial charge in [0.05, 0.1) is 18.9 Å². The number of amides is 1. The number of pyridine rings is 1. The number of aromatic nitrogens is 4. The first-order chi connectivity index (χ1) is 15.6. The smallest absolute Gasteiger partial charge is 0.293 e. The minimum atomic E-state index is -0.327. The maximum atomic E-state index is 13.4. The Bertz CT molecular complexity index is 1020. The molecule has 9 heteroatoms. The number of aryl methyl sites for hydroxylation is 1. The van der Waals surface area contributed by atoms with Crippen molar-refractivity contribution in [2.24, 2.45) is 0 Å². The molecule has 0 N–H and O–H groups in total. The van der Waals surface area contributed by atoms with Crippen LogP contribution in [0.1, 0.15) is 28.4 Å². The Morgan fingerprint density at radius 3 is 2.56 bits per heavy atom. The van der Waals surface area contributed by atoms with E-state index in [2.05, 4.69) is 20.0 Å². The number of morpholine rings is 1. The molecule has 4 rings (SSSR count). The highest BCUT2D eigenvalue weighted by molar-refractivity contribution is 5.90. The van der Waals surface area contributed by atoms with Crippen LogP contribution < -0.4 is 0 Å². The molecule has 0 unspecified atom stereocenters. The lowest BCUT2D eigenvalue weighted by molar-refractivity contribution is 0.0355. The summed E-state index contributed by atoms with van der Waals surface area (Å²) in [6.07, 6.45) is 4.28. The first kappa shape index (κ1) is 22.0. The first-order valence-electron chi connectivity index (χ1n) is 10.8. The molecule has 0 atom stereocenters. The molecule has 0 saturated carbocycles. The summed E-state index contributed by atoms with van der Waals surface area (Å²) in [5, 5.41) is 4.42. The van der Waals surface area contributed by atoms with Crippen molar-refractivity contribution in [2.75, 3.05) is 39.4 Å². The van der Waals surface area contributed by atoms with E-state index in [1.807, 2.05) is 12.1 Å². The number of rotatable bonds is 8. The van der Waals surface area contributed by atoms with E-state index in [1.54, 1.807) is 41.0 Å². The lowest BCUT2D eigenvalue weighted by Crippen LogP contribution is -2.39. The number of ether oxygens (including phenoxy) is 1. The molecule has 0 aliphatic carbocycles. The Hall–Kier alpha value is -3.17. The molecule has 32 heavy (non-hydrogen) atoms. The van der Waals surface area contributed by atoms with Crippen LogP contribution in [-0.2, 0) is 11.3 Å². The van der Waals surface area contributed by atoms with Gasteiger partial charge < -0.3 is 9.64 Å². The van der Waals surface area contributed by atoms with Crippen molar-refractivity contribution >= 4 is 5.91 Å². The van der Waals surface area contributed by atoms with E-state index in [-0.39, 0.29) is 17.5 Å². The number of halogens is 1. The summed E-state index contributed by atoms with van der Waals surface area (Å²) in [4.78, 5) is 25.9. The van der Waals surface area contributed by atoms with Crippen LogP contribution in [-0.4, -0.2) is 74.8 Å². The molecule has 0 spiro atoms. The van der Waals surface area contributed by atoms with Gasteiger partial charge in [0.15, 0.2) is 0 Å². The standard InChI is InChI=1S/C23H27FN6O2/c1-18-26-22(27-30(18)21-5-3-20(24)4-6-21)23(31)29(17-19-7-9-25-10-8-19)12-2-11-28-13-15-32-16-14-28/h3-10H,2,11-17H2,1H3. The molecule has 1 aromatic carbocycles. The summed E-state index contributed by atoms with van der Waals surface area (Å²) in [5.41, 5.74) is 1.65. The van der Waals surface area contributed by atoms with Crippen LogP contribution in [0.3, 0.4) is 0 Å². The van der Waals surface area contributed by atoms with Gasteiger partial charge in [0.1, 0.15) is 11.6 Å². The molecule has 8 nitrogen and oxygen atoms in total. The molecular formula is C23H27FN6O2. The predicted octanol–water partition coefficient (Wildman–Crippen LogP) is 2.47. The number of hydrogen-bond donors (Lipinski definition) is 0. The molecular weight excluding hydrogens is 411 g/mol.